The lowest BCUT2D eigenvalue weighted by Crippen LogP contribution is -2.08. The van der Waals surface area contributed by atoms with E-state index in [0.29, 0.717) is 5.16 Å². The van der Waals surface area contributed by atoms with E-state index < -0.39 is 0 Å². The van der Waals surface area contributed by atoms with Crippen molar-refractivity contribution in [3.8, 4) is 0 Å². The maximum atomic E-state index is 2.62. The van der Waals surface area contributed by atoms with E-state index >= 15 is 0 Å². The first-order valence-corrected chi connectivity index (χ1v) is 8.79. The molecule has 0 bridgehead atoms. The third-order valence-corrected chi connectivity index (χ3v) is 9.36. The molecule has 0 saturated heterocycles. The van der Waals surface area contributed by atoms with E-state index in [0.717, 1.165) is 0 Å². The minimum absolute atomic E-state index is 0.0721. The van der Waals surface area contributed by atoms with Crippen LogP contribution >= 0.6 is 27.6 Å². The van der Waals surface area contributed by atoms with E-state index in [1.54, 1.807) is 0 Å². The summed E-state index contributed by atoms with van der Waals surface area (Å²) in [6.45, 7) is 6.98. The van der Waals surface area contributed by atoms with Crippen LogP contribution in [0.5, 0.6) is 0 Å². The highest BCUT2D eigenvalue weighted by atomic mass is 127. The molecular formula is C11H16IP. The van der Waals surface area contributed by atoms with Crippen molar-refractivity contribution in [1.82, 2.24) is 0 Å². The third kappa shape index (κ3) is 3.95. The molecule has 1 rings (SSSR count). The van der Waals surface area contributed by atoms with Crippen LogP contribution in [0.2, 0.25) is 0 Å². The van der Waals surface area contributed by atoms with Gasteiger partial charge in [0.15, 0.2) is 0 Å². The summed E-state index contributed by atoms with van der Waals surface area (Å²) in [5, 5.41) is 0.464. The number of hydrogen-bond acceptors (Lipinski definition) is 0. The molecular weight excluding hydrogens is 290 g/mol. The largest absolute Gasteiger partial charge is 0.0622 e. The Labute approximate surface area is 95.4 Å². The average Bonchev–Trinajstić information content (AvgIpc) is 2.04. The van der Waals surface area contributed by atoms with Gasteiger partial charge in [-0.25, -0.2) is 0 Å². The van der Waals surface area contributed by atoms with E-state index in [1.165, 1.54) is 11.7 Å². The van der Waals surface area contributed by atoms with Gasteiger partial charge < -0.3 is 0 Å². The molecule has 0 N–H and O–H groups in total. The van der Waals surface area contributed by atoms with Gasteiger partial charge in [0.25, 0.3) is 0 Å². The normalized spacial score (nSPS) is 14.2. The van der Waals surface area contributed by atoms with Crippen LogP contribution in [-0.4, -0.2) is 5.16 Å². The molecule has 1 atom stereocenters. The van der Waals surface area contributed by atoms with E-state index in [4.69, 9.17) is 0 Å². The summed E-state index contributed by atoms with van der Waals surface area (Å²) in [6, 6.07) is 10.8. The Hall–Kier alpha value is 0.380. The van der Waals surface area contributed by atoms with Crippen molar-refractivity contribution in [3.63, 3.8) is 0 Å². The van der Waals surface area contributed by atoms with E-state index in [1.807, 2.05) is 0 Å². The highest BCUT2D eigenvalue weighted by Gasteiger charge is 2.21. The second-order valence-corrected chi connectivity index (χ2v) is 10.1. The van der Waals surface area contributed by atoms with Crippen molar-refractivity contribution < 1.29 is 0 Å². The number of rotatable bonds is 2. The Morgan fingerprint density at radius 1 is 1.15 bits per heavy atom. The average molecular weight is 306 g/mol. The predicted molar refractivity (Wildman–Crippen MR) is 70.8 cm³/mol. The molecule has 1 aromatic rings. The first-order chi connectivity index (χ1) is 6.00. The van der Waals surface area contributed by atoms with Crippen LogP contribution in [0.4, 0.5) is 0 Å². The zero-order chi connectivity index (χ0) is 9.90. The molecule has 0 saturated carbocycles. The molecule has 72 valence electrons. The summed E-state index contributed by atoms with van der Waals surface area (Å²) < 4.78 is 0. The van der Waals surface area contributed by atoms with Crippen molar-refractivity contribution in [2.75, 3.05) is 0 Å². The van der Waals surface area contributed by atoms with Crippen LogP contribution in [0.1, 0.15) is 26.3 Å². The van der Waals surface area contributed by atoms with Gasteiger partial charge >= 0.3 is 0 Å². The quantitative estimate of drug-likeness (QED) is 0.543. The molecule has 13 heavy (non-hydrogen) atoms. The molecule has 1 unspecified atom stereocenters. The molecule has 2 heteroatoms. The van der Waals surface area contributed by atoms with Crippen molar-refractivity contribution in [2.45, 2.75) is 32.1 Å². The topological polar surface area (TPSA) is 0 Å². The summed E-state index contributed by atoms with van der Waals surface area (Å²) in [6.07, 6.45) is 1.24. The molecule has 0 fully saturated rings. The molecule has 0 radical (unpaired) electrons. The Morgan fingerprint density at radius 2 is 1.69 bits per heavy atom. The van der Waals surface area contributed by atoms with Crippen LogP contribution in [-0.2, 0) is 6.16 Å². The fraction of sp³-hybridized carbons (Fsp3) is 0.455. The Kier molecular flexibility index (Phi) is 4.18. The second kappa shape index (κ2) is 4.75. The number of benzene rings is 1. The molecule has 0 heterocycles. The molecule has 1 aromatic carbocycles. The molecule has 0 spiro atoms. The van der Waals surface area contributed by atoms with Crippen LogP contribution in [0.15, 0.2) is 30.3 Å². The molecule has 0 aromatic heterocycles. The van der Waals surface area contributed by atoms with Gasteiger partial charge in [-0.2, -0.15) is 0 Å². The second-order valence-electron chi connectivity index (χ2n) is 4.18. The molecule has 0 amide bonds. The van der Waals surface area contributed by atoms with Crippen LogP contribution < -0.4 is 0 Å². The van der Waals surface area contributed by atoms with Gasteiger partial charge in [-0.15, -0.1) is 0 Å². The zero-order valence-corrected chi connectivity index (χ0v) is 11.5. The maximum Gasteiger partial charge on any atom is 0.00223 e. The fourth-order valence-electron chi connectivity index (χ4n) is 0.981. The summed E-state index contributed by atoms with van der Waals surface area (Å²) in [7, 11) is 0. The Morgan fingerprint density at radius 3 is 2.15 bits per heavy atom. The van der Waals surface area contributed by atoms with Crippen LogP contribution in [0.3, 0.4) is 0 Å². The monoisotopic (exact) mass is 306 g/mol. The minimum atomic E-state index is 0.0721. The number of hydrogen-bond donors (Lipinski definition) is 0. The van der Waals surface area contributed by atoms with Crippen molar-refractivity contribution >= 4 is 27.6 Å². The van der Waals surface area contributed by atoms with Gasteiger partial charge in [0, 0.05) is 6.16 Å². The highest BCUT2D eigenvalue weighted by Crippen LogP contribution is 2.58. The highest BCUT2D eigenvalue weighted by molar-refractivity contribution is 14.2. The predicted octanol–water partition coefficient (Wildman–Crippen LogP) is 4.82. The van der Waals surface area contributed by atoms with Crippen LogP contribution in [0.25, 0.3) is 0 Å². The summed E-state index contributed by atoms with van der Waals surface area (Å²) in [5.74, 6) is 0. The molecule has 0 nitrogen and oxygen atoms in total. The summed E-state index contributed by atoms with van der Waals surface area (Å²) in [5.41, 5.74) is 1.54. The van der Waals surface area contributed by atoms with E-state index in [-0.39, 0.29) is 5.56 Å². The van der Waals surface area contributed by atoms with Crippen molar-refractivity contribution in [1.29, 1.82) is 0 Å². The molecule has 0 aliphatic rings. The summed E-state index contributed by atoms with van der Waals surface area (Å²) >= 11 is 2.62. The van der Waals surface area contributed by atoms with Crippen molar-refractivity contribution in [2.24, 2.45) is 0 Å². The third-order valence-electron chi connectivity index (χ3n) is 1.89. The Bertz CT molecular complexity index is 251. The smallest absolute Gasteiger partial charge is 0.00223 e. The van der Waals surface area contributed by atoms with Gasteiger partial charge in [0.1, 0.15) is 0 Å². The lowest BCUT2D eigenvalue weighted by atomic mass is 10.2. The fourth-order valence-corrected chi connectivity index (χ4v) is 3.17. The Balaban J connectivity index is 2.61. The lowest BCUT2D eigenvalue weighted by Gasteiger charge is -2.25. The van der Waals surface area contributed by atoms with Gasteiger partial charge in [-0.3, -0.25) is 0 Å². The zero-order valence-electron chi connectivity index (χ0n) is 8.42. The first kappa shape index (κ1) is 11.5. The SMILES string of the molecule is CC(C)(C)P(I)Cc1ccccc1. The van der Waals surface area contributed by atoms with E-state index in [2.05, 4.69) is 73.1 Å². The first-order valence-electron chi connectivity index (χ1n) is 4.47. The molecule has 0 aliphatic heterocycles. The van der Waals surface area contributed by atoms with Crippen molar-refractivity contribution in [3.05, 3.63) is 35.9 Å². The molecule has 0 aliphatic carbocycles. The van der Waals surface area contributed by atoms with Gasteiger partial charge in [0.05, 0.1) is 0 Å². The van der Waals surface area contributed by atoms with Gasteiger partial charge in [-0.05, 0) is 16.3 Å². The van der Waals surface area contributed by atoms with Crippen LogP contribution in [0, 0.1) is 0 Å². The van der Waals surface area contributed by atoms with E-state index in [9.17, 15) is 0 Å². The lowest BCUT2D eigenvalue weighted by molar-refractivity contribution is 0.791. The standard InChI is InChI=1S/C11H16IP/c1-11(2,3)13(12)9-10-7-5-4-6-8-10/h4-8H,9H2,1-3H3. The van der Waals surface area contributed by atoms with Gasteiger partial charge in [0.2, 0.25) is 0 Å². The van der Waals surface area contributed by atoms with Gasteiger partial charge in [-0.1, -0.05) is 73.1 Å². The minimum Gasteiger partial charge on any atom is -0.0622 e. The summed E-state index contributed by atoms with van der Waals surface area (Å²) in [4.78, 5) is 0. The number of halogens is 1. The maximum absolute atomic E-state index is 2.62.